The molecule has 0 aliphatic rings. The lowest BCUT2D eigenvalue weighted by Crippen LogP contribution is -2.35. The van der Waals surface area contributed by atoms with Gasteiger partial charge in [-0.1, -0.05) is 34.6 Å². The lowest BCUT2D eigenvalue weighted by atomic mass is 9.90. The topological polar surface area (TPSA) is 44.1 Å². The van der Waals surface area contributed by atoms with E-state index in [9.17, 15) is 4.79 Å². The fraction of sp³-hybridized carbons (Fsp3) is 0.857. The van der Waals surface area contributed by atoms with E-state index in [-0.39, 0.29) is 11.3 Å². The number of rotatable bonds is 6. The Morgan fingerprint density at radius 1 is 1.35 bits per heavy atom. The summed E-state index contributed by atoms with van der Waals surface area (Å²) in [6.07, 6.45) is 1.91. The normalized spacial score (nSPS) is 11.4. The second-order valence-corrected chi connectivity index (χ2v) is 6.20. The van der Waals surface area contributed by atoms with Gasteiger partial charge in [0.05, 0.1) is 12.5 Å². The van der Waals surface area contributed by atoms with E-state index in [1.165, 1.54) is 0 Å². The second kappa shape index (κ2) is 7.32. The molecule has 0 N–H and O–H groups in total. The average molecular weight is 238 g/mol. The number of nitriles is 1. The van der Waals surface area contributed by atoms with Crippen LogP contribution < -0.4 is 0 Å². The summed E-state index contributed by atoms with van der Waals surface area (Å²) in [6, 6.07) is 2.10. The molecule has 3 heteroatoms. The van der Waals surface area contributed by atoms with Crippen molar-refractivity contribution in [3.63, 3.8) is 0 Å². The van der Waals surface area contributed by atoms with Crippen molar-refractivity contribution in [1.82, 2.24) is 4.90 Å². The summed E-state index contributed by atoms with van der Waals surface area (Å²) in [7, 11) is 0. The van der Waals surface area contributed by atoms with Crippen LogP contribution in [0, 0.1) is 22.7 Å². The van der Waals surface area contributed by atoms with Crippen LogP contribution in [0.3, 0.4) is 0 Å². The van der Waals surface area contributed by atoms with Crippen molar-refractivity contribution in [3.8, 4) is 6.07 Å². The molecule has 17 heavy (non-hydrogen) atoms. The maximum atomic E-state index is 12.0. The molecule has 0 fully saturated rings. The van der Waals surface area contributed by atoms with Crippen LogP contribution in [0.15, 0.2) is 0 Å². The van der Waals surface area contributed by atoms with Gasteiger partial charge >= 0.3 is 0 Å². The minimum atomic E-state index is 0.184. The lowest BCUT2D eigenvalue weighted by molar-refractivity contribution is -0.132. The van der Waals surface area contributed by atoms with Crippen molar-refractivity contribution in [2.45, 2.75) is 53.9 Å². The summed E-state index contributed by atoms with van der Waals surface area (Å²) in [5, 5.41) is 8.60. The van der Waals surface area contributed by atoms with Crippen LogP contribution in [-0.2, 0) is 4.79 Å². The van der Waals surface area contributed by atoms with Crippen LogP contribution in [0.5, 0.6) is 0 Å². The van der Waals surface area contributed by atoms with Gasteiger partial charge in [-0.2, -0.15) is 5.26 Å². The van der Waals surface area contributed by atoms with Gasteiger partial charge in [0.15, 0.2) is 0 Å². The standard InChI is InChI=1S/C14H26N2O/c1-12(2)11-16(10-6-9-15)13(17)7-8-14(3,4)5/h12H,6-8,10-11H2,1-5H3. The Bertz CT molecular complexity index is 271. The molecule has 1 amide bonds. The molecule has 0 heterocycles. The van der Waals surface area contributed by atoms with E-state index in [1.54, 1.807) is 0 Å². The Morgan fingerprint density at radius 2 is 1.94 bits per heavy atom. The number of hydrogen-bond donors (Lipinski definition) is 0. The highest BCUT2D eigenvalue weighted by Crippen LogP contribution is 2.21. The molecule has 0 unspecified atom stereocenters. The number of carbonyl (C=O) groups is 1. The Kier molecular flexibility index (Phi) is 6.87. The highest BCUT2D eigenvalue weighted by molar-refractivity contribution is 5.76. The lowest BCUT2D eigenvalue weighted by Gasteiger charge is -2.25. The summed E-state index contributed by atoms with van der Waals surface area (Å²) >= 11 is 0. The second-order valence-electron chi connectivity index (χ2n) is 6.20. The first-order valence-electron chi connectivity index (χ1n) is 6.41. The highest BCUT2D eigenvalue weighted by Gasteiger charge is 2.18. The first kappa shape index (κ1) is 16.0. The third-order valence-electron chi connectivity index (χ3n) is 2.52. The molecule has 0 radical (unpaired) electrons. The molecule has 0 aliphatic carbocycles. The van der Waals surface area contributed by atoms with Crippen molar-refractivity contribution < 1.29 is 4.79 Å². The van der Waals surface area contributed by atoms with Gasteiger partial charge in [0, 0.05) is 19.5 Å². The molecule has 0 saturated carbocycles. The zero-order valence-corrected chi connectivity index (χ0v) is 11.9. The van der Waals surface area contributed by atoms with Crippen LogP contribution in [-0.4, -0.2) is 23.9 Å². The maximum Gasteiger partial charge on any atom is 0.222 e. The fourth-order valence-corrected chi connectivity index (χ4v) is 1.58. The van der Waals surface area contributed by atoms with E-state index in [1.807, 2.05) is 4.90 Å². The van der Waals surface area contributed by atoms with Crippen LogP contribution >= 0.6 is 0 Å². The van der Waals surface area contributed by atoms with Gasteiger partial charge in [-0.05, 0) is 17.8 Å². The molecule has 0 spiro atoms. The van der Waals surface area contributed by atoms with E-state index in [4.69, 9.17) is 5.26 Å². The first-order chi connectivity index (χ1) is 7.76. The van der Waals surface area contributed by atoms with E-state index in [0.717, 1.165) is 13.0 Å². The molecule has 0 aromatic carbocycles. The molecule has 0 saturated heterocycles. The highest BCUT2D eigenvalue weighted by atomic mass is 16.2. The van der Waals surface area contributed by atoms with Gasteiger partial charge < -0.3 is 4.90 Å². The molecule has 0 aromatic heterocycles. The summed E-state index contributed by atoms with van der Waals surface area (Å²) in [4.78, 5) is 13.9. The quantitative estimate of drug-likeness (QED) is 0.713. The Labute approximate surface area is 106 Å². The minimum absolute atomic E-state index is 0.184. The summed E-state index contributed by atoms with van der Waals surface area (Å²) in [6.45, 7) is 11.9. The molecule has 0 atom stereocenters. The molecule has 3 nitrogen and oxygen atoms in total. The SMILES string of the molecule is CC(C)CN(CCC#N)C(=O)CCC(C)(C)C. The van der Waals surface area contributed by atoms with Gasteiger partial charge in [0.1, 0.15) is 0 Å². The number of carbonyl (C=O) groups excluding carboxylic acids is 1. The van der Waals surface area contributed by atoms with Crippen molar-refractivity contribution >= 4 is 5.91 Å². The Morgan fingerprint density at radius 3 is 2.35 bits per heavy atom. The fourth-order valence-electron chi connectivity index (χ4n) is 1.58. The monoisotopic (exact) mass is 238 g/mol. The Balaban J connectivity index is 4.27. The van der Waals surface area contributed by atoms with E-state index in [2.05, 4.69) is 40.7 Å². The third-order valence-corrected chi connectivity index (χ3v) is 2.52. The molecule has 0 aliphatic heterocycles. The minimum Gasteiger partial charge on any atom is -0.341 e. The molecule has 0 rings (SSSR count). The van der Waals surface area contributed by atoms with Gasteiger partial charge in [0.2, 0.25) is 5.91 Å². The zero-order valence-electron chi connectivity index (χ0n) is 11.9. The molecular formula is C14H26N2O. The average Bonchev–Trinajstić information content (AvgIpc) is 2.19. The van der Waals surface area contributed by atoms with Crippen LogP contribution in [0.25, 0.3) is 0 Å². The summed E-state index contributed by atoms with van der Waals surface area (Å²) < 4.78 is 0. The van der Waals surface area contributed by atoms with Crippen molar-refractivity contribution in [1.29, 1.82) is 5.26 Å². The van der Waals surface area contributed by atoms with Crippen molar-refractivity contribution in [2.75, 3.05) is 13.1 Å². The summed E-state index contributed by atoms with van der Waals surface area (Å²) in [5.74, 6) is 0.635. The smallest absolute Gasteiger partial charge is 0.222 e. The molecule has 98 valence electrons. The number of nitrogens with zero attached hydrogens (tertiary/aromatic N) is 2. The predicted octanol–water partition coefficient (Wildman–Crippen LogP) is 3.21. The van der Waals surface area contributed by atoms with E-state index in [0.29, 0.717) is 25.3 Å². The van der Waals surface area contributed by atoms with Crippen LogP contribution in [0.4, 0.5) is 0 Å². The van der Waals surface area contributed by atoms with Crippen LogP contribution in [0.2, 0.25) is 0 Å². The number of amides is 1. The van der Waals surface area contributed by atoms with Gasteiger partial charge in [-0.15, -0.1) is 0 Å². The molecule has 0 aromatic rings. The maximum absolute atomic E-state index is 12.0. The van der Waals surface area contributed by atoms with Gasteiger partial charge in [-0.3, -0.25) is 4.79 Å². The first-order valence-corrected chi connectivity index (χ1v) is 6.41. The Hall–Kier alpha value is -1.04. The third kappa shape index (κ3) is 8.74. The van der Waals surface area contributed by atoms with Crippen molar-refractivity contribution in [3.05, 3.63) is 0 Å². The number of hydrogen-bond acceptors (Lipinski definition) is 2. The van der Waals surface area contributed by atoms with Crippen LogP contribution in [0.1, 0.15) is 53.9 Å². The van der Waals surface area contributed by atoms with E-state index >= 15 is 0 Å². The zero-order chi connectivity index (χ0) is 13.5. The largest absolute Gasteiger partial charge is 0.341 e. The van der Waals surface area contributed by atoms with Gasteiger partial charge in [-0.25, -0.2) is 0 Å². The van der Waals surface area contributed by atoms with E-state index < -0.39 is 0 Å². The van der Waals surface area contributed by atoms with Crippen molar-refractivity contribution in [2.24, 2.45) is 11.3 Å². The molecular weight excluding hydrogens is 212 g/mol. The summed E-state index contributed by atoms with van der Waals surface area (Å²) in [5.41, 5.74) is 0.189. The predicted molar refractivity (Wildman–Crippen MR) is 70.3 cm³/mol. The van der Waals surface area contributed by atoms with Gasteiger partial charge in [0.25, 0.3) is 0 Å². The molecule has 0 bridgehead atoms.